The number of thioether (sulfide) groups is 1. The van der Waals surface area contributed by atoms with Crippen molar-refractivity contribution in [2.75, 3.05) is 18.1 Å². The molecule has 0 amide bonds. The molecule has 0 radical (unpaired) electrons. The Morgan fingerprint density at radius 1 is 1.43 bits per heavy atom. The molecule has 2 rings (SSSR count). The van der Waals surface area contributed by atoms with Crippen LogP contribution in [0.3, 0.4) is 0 Å². The minimum atomic E-state index is -4.38. The van der Waals surface area contributed by atoms with Crippen molar-refractivity contribution in [1.82, 2.24) is 4.31 Å². The highest BCUT2D eigenvalue weighted by atomic mass is 79.9. The summed E-state index contributed by atoms with van der Waals surface area (Å²) in [5, 5.41) is 9.12. The van der Waals surface area contributed by atoms with E-state index in [1.807, 2.05) is 0 Å². The van der Waals surface area contributed by atoms with Gasteiger partial charge in [0.25, 0.3) is 0 Å². The number of hydrogen-bond acceptors (Lipinski definition) is 4. The second kappa shape index (κ2) is 6.19. The number of aliphatic carboxylic acids is 1. The van der Waals surface area contributed by atoms with Crippen LogP contribution in [0.5, 0.6) is 0 Å². The summed E-state index contributed by atoms with van der Waals surface area (Å²) in [6, 6.07) is 0.00130. The minimum Gasteiger partial charge on any atom is -0.480 e. The van der Waals surface area contributed by atoms with Crippen LogP contribution >= 0.6 is 27.7 Å². The molecule has 1 aliphatic heterocycles. The number of rotatable bonds is 3. The highest BCUT2D eigenvalue weighted by molar-refractivity contribution is 9.10. The number of nitrogens with zero attached hydrogens (tertiary/aromatic N) is 1. The summed E-state index contributed by atoms with van der Waals surface area (Å²) in [5.41, 5.74) is 0. The van der Waals surface area contributed by atoms with E-state index in [2.05, 4.69) is 15.9 Å². The van der Waals surface area contributed by atoms with Crippen molar-refractivity contribution >= 4 is 43.7 Å². The van der Waals surface area contributed by atoms with Crippen molar-refractivity contribution in [3.63, 3.8) is 0 Å². The summed E-state index contributed by atoms with van der Waals surface area (Å²) in [7, 11) is -4.38. The number of sulfonamides is 1. The Morgan fingerprint density at radius 2 is 2.10 bits per heavy atom. The molecule has 1 saturated heterocycles. The second-order valence-electron chi connectivity index (χ2n) is 4.24. The highest BCUT2D eigenvalue weighted by Crippen LogP contribution is 2.32. The molecule has 1 aromatic carbocycles. The Labute approximate surface area is 132 Å². The standard InChI is InChI=1S/C11H10BrF2NO4S2/c12-7-3-6(13)4-8(14)10(7)21(18,19)15-1-2-20-5-9(15)11(16)17/h3-4,9H,1-2,5H2,(H,16,17). The van der Waals surface area contributed by atoms with E-state index in [-0.39, 0.29) is 16.8 Å². The number of carboxylic acid groups (broad SMARTS) is 1. The molecule has 1 aliphatic rings. The van der Waals surface area contributed by atoms with Crippen LogP contribution in [0.2, 0.25) is 0 Å². The molecule has 0 bridgehead atoms. The Balaban J connectivity index is 2.53. The van der Waals surface area contributed by atoms with E-state index in [1.165, 1.54) is 11.8 Å². The van der Waals surface area contributed by atoms with Gasteiger partial charge in [0, 0.05) is 28.6 Å². The predicted octanol–water partition coefficient (Wildman–Crippen LogP) is 1.92. The Bertz CT molecular complexity index is 660. The van der Waals surface area contributed by atoms with Crippen molar-refractivity contribution in [2.24, 2.45) is 0 Å². The molecule has 1 aromatic rings. The fourth-order valence-electron chi connectivity index (χ4n) is 1.96. The van der Waals surface area contributed by atoms with Gasteiger partial charge >= 0.3 is 5.97 Å². The van der Waals surface area contributed by atoms with Crippen molar-refractivity contribution in [3.05, 3.63) is 28.2 Å². The van der Waals surface area contributed by atoms with Gasteiger partial charge in [0.2, 0.25) is 10.0 Å². The summed E-state index contributed by atoms with van der Waals surface area (Å²) in [6.45, 7) is -0.0484. The Kier molecular flexibility index (Phi) is 4.91. The van der Waals surface area contributed by atoms with Gasteiger partial charge in [-0.2, -0.15) is 16.1 Å². The van der Waals surface area contributed by atoms with Crippen LogP contribution in [-0.2, 0) is 14.8 Å². The molecular weight excluding hydrogens is 392 g/mol. The first kappa shape index (κ1) is 16.7. The molecule has 5 nitrogen and oxygen atoms in total. The number of carbonyl (C=O) groups is 1. The van der Waals surface area contributed by atoms with Gasteiger partial charge in [0.05, 0.1) is 0 Å². The maximum Gasteiger partial charge on any atom is 0.322 e. The molecule has 0 spiro atoms. The van der Waals surface area contributed by atoms with E-state index in [1.54, 1.807) is 0 Å². The molecule has 0 saturated carbocycles. The molecule has 1 N–H and O–H groups in total. The zero-order chi connectivity index (χ0) is 15.8. The van der Waals surface area contributed by atoms with Crippen LogP contribution < -0.4 is 0 Å². The minimum absolute atomic E-state index is 0.0484. The zero-order valence-corrected chi connectivity index (χ0v) is 13.6. The van der Waals surface area contributed by atoms with E-state index in [4.69, 9.17) is 5.11 Å². The average Bonchev–Trinajstić information content (AvgIpc) is 2.37. The zero-order valence-electron chi connectivity index (χ0n) is 10.4. The molecule has 1 fully saturated rings. The number of halogens is 3. The van der Waals surface area contributed by atoms with E-state index in [0.29, 0.717) is 11.8 Å². The van der Waals surface area contributed by atoms with Crippen LogP contribution in [0, 0.1) is 11.6 Å². The lowest BCUT2D eigenvalue weighted by Gasteiger charge is -2.31. The van der Waals surface area contributed by atoms with Gasteiger partial charge in [-0.3, -0.25) is 4.79 Å². The monoisotopic (exact) mass is 401 g/mol. The van der Waals surface area contributed by atoms with Crippen LogP contribution in [-0.4, -0.2) is 47.9 Å². The number of hydrogen-bond donors (Lipinski definition) is 1. The first-order valence-corrected chi connectivity index (χ1v) is 9.11. The smallest absolute Gasteiger partial charge is 0.322 e. The lowest BCUT2D eigenvalue weighted by atomic mass is 10.3. The maximum absolute atomic E-state index is 13.9. The van der Waals surface area contributed by atoms with Crippen molar-refractivity contribution in [1.29, 1.82) is 0 Å². The molecule has 116 valence electrons. The van der Waals surface area contributed by atoms with E-state index >= 15 is 0 Å². The van der Waals surface area contributed by atoms with Gasteiger partial charge in [-0.25, -0.2) is 17.2 Å². The Morgan fingerprint density at radius 3 is 2.67 bits per heavy atom. The number of benzene rings is 1. The Hall–Kier alpha value is -0.710. The summed E-state index contributed by atoms with van der Waals surface area (Å²) in [5.74, 6) is -3.01. The van der Waals surface area contributed by atoms with Gasteiger partial charge < -0.3 is 5.11 Å². The normalized spacial score (nSPS) is 20.4. The largest absolute Gasteiger partial charge is 0.480 e. The van der Waals surface area contributed by atoms with E-state index in [0.717, 1.165) is 10.4 Å². The first-order chi connectivity index (χ1) is 9.75. The summed E-state index contributed by atoms with van der Waals surface area (Å²) in [4.78, 5) is 10.4. The van der Waals surface area contributed by atoms with Gasteiger partial charge in [-0.15, -0.1) is 0 Å². The SMILES string of the molecule is O=C(O)C1CSCCN1S(=O)(=O)c1c(F)cc(F)cc1Br. The third kappa shape index (κ3) is 3.22. The van der Waals surface area contributed by atoms with Gasteiger partial charge in [0.1, 0.15) is 22.6 Å². The molecule has 0 aromatic heterocycles. The molecular formula is C11H10BrF2NO4S2. The second-order valence-corrected chi connectivity index (χ2v) is 8.07. The van der Waals surface area contributed by atoms with E-state index < -0.39 is 38.6 Å². The molecule has 21 heavy (non-hydrogen) atoms. The quantitative estimate of drug-likeness (QED) is 0.837. The lowest BCUT2D eigenvalue weighted by Crippen LogP contribution is -2.50. The van der Waals surface area contributed by atoms with Gasteiger partial charge in [0.15, 0.2) is 0 Å². The summed E-state index contributed by atoms with van der Waals surface area (Å²) < 4.78 is 52.4. The maximum atomic E-state index is 13.9. The third-order valence-electron chi connectivity index (χ3n) is 2.89. The van der Waals surface area contributed by atoms with Crippen molar-refractivity contribution < 1.29 is 27.1 Å². The van der Waals surface area contributed by atoms with Crippen molar-refractivity contribution in [2.45, 2.75) is 10.9 Å². The van der Waals surface area contributed by atoms with Crippen LogP contribution in [0.15, 0.2) is 21.5 Å². The topological polar surface area (TPSA) is 74.7 Å². The average molecular weight is 402 g/mol. The fourth-order valence-corrected chi connectivity index (χ4v) is 5.91. The first-order valence-electron chi connectivity index (χ1n) is 5.72. The third-order valence-corrected chi connectivity index (χ3v) is 6.79. The van der Waals surface area contributed by atoms with Gasteiger partial charge in [-0.1, -0.05) is 0 Å². The molecule has 10 heteroatoms. The molecule has 1 unspecified atom stereocenters. The summed E-state index contributed by atoms with van der Waals surface area (Å²) in [6.07, 6.45) is 0. The van der Waals surface area contributed by atoms with Gasteiger partial charge in [-0.05, 0) is 22.0 Å². The molecule has 1 atom stereocenters. The summed E-state index contributed by atoms with van der Waals surface area (Å²) >= 11 is 4.12. The van der Waals surface area contributed by atoms with Crippen LogP contribution in [0.4, 0.5) is 8.78 Å². The van der Waals surface area contributed by atoms with Crippen LogP contribution in [0.25, 0.3) is 0 Å². The van der Waals surface area contributed by atoms with E-state index in [9.17, 15) is 22.0 Å². The highest BCUT2D eigenvalue weighted by Gasteiger charge is 2.40. The number of carboxylic acids is 1. The molecule has 0 aliphatic carbocycles. The van der Waals surface area contributed by atoms with Crippen molar-refractivity contribution in [3.8, 4) is 0 Å². The predicted molar refractivity (Wildman–Crippen MR) is 76.7 cm³/mol. The lowest BCUT2D eigenvalue weighted by molar-refractivity contribution is -0.140. The van der Waals surface area contributed by atoms with Crippen LogP contribution in [0.1, 0.15) is 0 Å². The fraction of sp³-hybridized carbons (Fsp3) is 0.364. The molecule has 1 heterocycles.